The number of hydrogen-bond acceptors (Lipinski definition) is 4. The van der Waals surface area contributed by atoms with Crippen LogP contribution in [0.25, 0.3) is 0 Å². The molecule has 0 fully saturated rings. The predicted octanol–water partition coefficient (Wildman–Crippen LogP) is 5.42. The summed E-state index contributed by atoms with van der Waals surface area (Å²) in [6, 6.07) is 13.0. The van der Waals surface area contributed by atoms with Crippen LogP contribution in [0.15, 0.2) is 42.5 Å². The molecule has 24 heavy (non-hydrogen) atoms. The van der Waals surface area contributed by atoms with Crippen molar-refractivity contribution in [2.45, 2.75) is 39.5 Å². The number of nitrogen functional groups attached to an aromatic ring is 1. The SMILES string of the molecule is CCCCOc1ccc(OCCCC)c(Oc2ccc(N)cc2)c1. The van der Waals surface area contributed by atoms with Gasteiger partial charge in [0.2, 0.25) is 0 Å². The lowest BCUT2D eigenvalue weighted by Gasteiger charge is -2.14. The number of unbranched alkanes of at least 4 members (excludes halogenated alkanes) is 2. The molecule has 2 aromatic carbocycles. The first-order valence-corrected chi connectivity index (χ1v) is 8.66. The van der Waals surface area contributed by atoms with Crippen LogP contribution in [-0.4, -0.2) is 13.2 Å². The van der Waals surface area contributed by atoms with Gasteiger partial charge in [-0.2, -0.15) is 0 Å². The summed E-state index contributed by atoms with van der Waals surface area (Å²) in [5, 5.41) is 0. The Morgan fingerprint density at radius 1 is 0.750 bits per heavy atom. The van der Waals surface area contributed by atoms with E-state index in [1.54, 1.807) is 0 Å². The molecule has 0 aliphatic heterocycles. The van der Waals surface area contributed by atoms with Gasteiger partial charge in [-0.3, -0.25) is 0 Å². The van der Waals surface area contributed by atoms with Crippen molar-refractivity contribution < 1.29 is 14.2 Å². The third-order valence-electron chi connectivity index (χ3n) is 3.55. The van der Waals surface area contributed by atoms with Crippen molar-refractivity contribution in [3.63, 3.8) is 0 Å². The highest BCUT2D eigenvalue weighted by molar-refractivity contribution is 5.49. The topological polar surface area (TPSA) is 53.7 Å². The van der Waals surface area contributed by atoms with Gasteiger partial charge in [0.15, 0.2) is 11.5 Å². The fraction of sp³-hybridized carbons (Fsp3) is 0.400. The van der Waals surface area contributed by atoms with Crippen LogP contribution < -0.4 is 19.9 Å². The molecule has 0 aliphatic rings. The first-order chi connectivity index (χ1) is 11.7. The monoisotopic (exact) mass is 329 g/mol. The molecule has 0 atom stereocenters. The minimum absolute atomic E-state index is 0.657. The molecule has 0 saturated carbocycles. The highest BCUT2D eigenvalue weighted by Gasteiger charge is 2.09. The van der Waals surface area contributed by atoms with E-state index in [-0.39, 0.29) is 0 Å². The van der Waals surface area contributed by atoms with Crippen LogP contribution in [0.1, 0.15) is 39.5 Å². The Bertz CT molecular complexity index is 611. The van der Waals surface area contributed by atoms with Gasteiger partial charge in [0.1, 0.15) is 11.5 Å². The van der Waals surface area contributed by atoms with Gasteiger partial charge in [-0.25, -0.2) is 0 Å². The first kappa shape index (κ1) is 18.0. The van der Waals surface area contributed by atoms with E-state index in [4.69, 9.17) is 19.9 Å². The average molecular weight is 329 g/mol. The number of nitrogens with two attached hydrogens (primary N) is 1. The van der Waals surface area contributed by atoms with Crippen LogP contribution in [0.5, 0.6) is 23.0 Å². The molecule has 0 aromatic heterocycles. The Balaban J connectivity index is 2.14. The summed E-state index contributed by atoms with van der Waals surface area (Å²) in [5.74, 6) is 2.89. The second kappa shape index (κ2) is 9.71. The molecule has 0 heterocycles. The molecule has 4 heteroatoms. The Morgan fingerprint density at radius 3 is 2.04 bits per heavy atom. The molecule has 0 saturated heterocycles. The first-order valence-electron chi connectivity index (χ1n) is 8.66. The van der Waals surface area contributed by atoms with Crippen molar-refractivity contribution >= 4 is 5.69 Å². The molecule has 4 nitrogen and oxygen atoms in total. The molecule has 0 bridgehead atoms. The second-order valence-electron chi connectivity index (χ2n) is 5.68. The fourth-order valence-electron chi connectivity index (χ4n) is 2.10. The largest absolute Gasteiger partial charge is 0.493 e. The van der Waals surface area contributed by atoms with Crippen molar-refractivity contribution in [2.75, 3.05) is 18.9 Å². The predicted molar refractivity (Wildman–Crippen MR) is 98.2 cm³/mol. The normalized spacial score (nSPS) is 10.4. The summed E-state index contributed by atoms with van der Waals surface area (Å²) in [4.78, 5) is 0. The molecule has 0 radical (unpaired) electrons. The maximum atomic E-state index is 5.98. The molecule has 130 valence electrons. The summed E-state index contributed by atoms with van der Waals surface area (Å²) < 4.78 is 17.6. The zero-order chi connectivity index (χ0) is 17.2. The van der Waals surface area contributed by atoms with Gasteiger partial charge >= 0.3 is 0 Å². The van der Waals surface area contributed by atoms with E-state index < -0.39 is 0 Å². The third kappa shape index (κ3) is 5.69. The van der Waals surface area contributed by atoms with Crippen LogP contribution in [0, 0.1) is 0 Å². The second-order valence-corrected chi connectivity index (χ2v) is 5.68. The quantitative estimate of drug-likeness (QED) is 0.467. The fourth-order valence-corrected chi connectivity index (χ4v) is 2.10. The lowest BCUT2D eigenvalue weighted by atomic mass is 10.2. The highest BCUT2D eigenvalue weighted by Crippen LogP contribution is 2.35. The molecule has 0 unspecified atom stereocenters. The van der Waals surface area contributed by atoms with Gasteiger partial charge in [0, 0.05) is 11.8 Å². The van der Waals surface area contributed by atoms with Crippen LogP contribution in [0.4, 0.5) is 5.69 Å². The zero-order valence-electron chi connectivity index (χ0n) is 14.6. The lowest BCUT2D eigenvalue weighted by molar-refractivity contribution is 0.288. The van der Waals surface area contributed by atoms with Crippen molar-refractivity contribution in [3.05, 3.63) is 42.5 Å². The summed E-state index contributed by atoms with van der Waals surface area (Å²) in [6.07, 6.45) is 4.23. The van der Waals surface area contributed by atoms with Gasteiger partial charge in [0.25, 0.3) is 0 Å². The zero-order valence-corrected chi connectivity index (χ0v) is 14.6. The number of ether oxygens (including phenoxy) is 3. The average Bonchev–Trinajstić information content (AvgIpc) is 2.59. The Hall–Kier alpha value is -2.36. The van der Waals surface area contributed by atoms with E-state index in [9.17, 15) is 0 Å². The summed E-state index contributed by atoms with van der Waals surface area (Å²) in [6.45, 7) is 5.65. The van der Waals surface area contributed by atoms with Crippen molar-refractivity contribution in [1.29, 1.82) is 0 Å². The maximum Gasteiger partial charge on any atom is 0.172 e. The maximum absolute atomic E-state index is 5.98. The number of anilines is 1. The Labute approximate surface area is 144 Å². The van der Waals surface area contributed by atoms with Crippen LogP contribution in [0.2, 0.25) is 0 Å². The number of hydrogen-bond donors (Lipinski definition) is 1. The van der Waals surface area contributed by atoms with E-state index in [0.717, 1.165) is 42.9 Å². The van der Waals surface area contributed by atoms with Gasteiger partial charge in [0.05, 0.1) is 13.2 Å². The van der Waals surface area contributed by atoms with E-state index in [1.807, 2.05) is 42.5 Å². The molecular weight excluding hydrogens is 302 g/mol. The van der Waals surface area contributed by atoms with E-state index in [2.05, 4.69) is 13.8 Å². The van der Waals surface area contributed by atoms with Crippen LogP contribution >= 0.6 is 0 Å². The van der Waals surface area contributed by atoms with Crippen molar-refractivity contribution in [2.24, 2.45) is 0 Å². The van der Waals surface area contributed by atoms with E-state index >= 15 is 0 Å². The summed E-state index contributed by atoms with van der Waals surface area (Å²) in [5.41, 5.74) is 6.43. The minimum atomic E-state index is 0.657. The third-order valence-corrected chi connectivity index (χ3v) is 3.55. The Morgan fingerprint density at radius 2 is 1.38 bits per heavy atom. The molecule has 0 aliphatic carbocycles. The number of rotatable bonds is 10. The van der Waals surface area contributed by atoms with Crippen LogP contribution in [0.3, 0.4) is 0 Å². The standard InChI is InChI=1S/C20H27NO3/c1-3-5-13-22-18-11-12-19(23-14-6-4-2)20(15-18)24-17-9-7-16(21)8-10-17/h7-12,15H,3-6,13-14,21H2,1-2H3. The molecule has 2 N–H and O–H groups in total. The van der Waals surface area contributed by atoms with Crippen LogP contribution in [-0.2, 0) is 0 Å². The van der Waals surface area contributed by atoms with E-state index in [1.165, 1.54) is 0 Å². The lowest BCUT2D eigenvalue weighted by Crippen LogP contribution is -2.00. The number of benzene rings is 2. The molecule has 2 aromatic rings. The highest BCUT2D eigenvalue weighted by atomic mass is 16.5. The smallest absolute Gasteiger partial charge is 0.172 e. The minimum Gasteiger partial charge on any atom is -0.493 e. The molecular formula is C20H27NO3. The van der Waals surface area contributed by atoms with Gasteiger partial charge < -0.3 is 19.9 Å². The van der Waals surface area contributed by atoms with Crippen molar-refractivity contribution in [3.8, 4) is 23.0 Å². The molecule has 0 amide bonds. The Kier molecular flexibility index (Phi) is 7.27. The van der Waals surface area contributed by atoms with Gasteiger partial charge in [-0.15, -0.1) is 0 Å². The van der Waals surface area contributed by atoms with Crippen molar-refractivity contribution in [1.82, 2.24) is 0 Å². The summed E-state index contributed by atoms with van der Waals surface area (Å²) in [7, 11) is 0. The van der Waals surface area contributed by atoms with Gasteiger partial charge in [-0.1, -0.05) is 26.7 Å². The van der Waals surface area contributed by atoms with E-state index in [0.29, 0.717) is 24.7 Å². The molecule has 2 rings (SSSR count). The summed E-state index contributed by atoms with van der Waals surface area (Å²) >= 11 is 0. The van der Waals surface area contributed by atoms with Gasteiger partial charge in [-0.05, 0) is 49.2 Å². The molecule has 0 spiro atoms.